The summed E-state index contributed by atoms with van der Waals surface area (Å²) < 4.78 is 1.43. The molecule has 0 bridgehead atoms. The molecule has 3 atom stereocenters. The van der Waals surface area contributed by atoms with Gasteiger partial charge in [0.05, 0.1) is 0 Å². The van der Waals surface area contributed by atoms with E-state index in [1.807, 2.05) is 11.3 Å². The van der Waals surface area contributed by atoms with Crippen molar-refractivity contribution < 1.29 is 0 Å². The number of rotatable bonds is 2. The second-order valence-electron chi connectivity index (χ2n) is 5.58. The predicted octanol–water partition coefficient (Wildman–Crippen LogP) is 5.38. The van der Waals surface area contributed by atoms with Gasteiger partial charge in [0, 0.05) is 9.53 Å². The van der Waals surface area contributed by atoms with Gasteiger partial charge < -0.3 is 0 Å². The van der Waals surface area contributed by atoms with Crippen molar-refractivity contribution in [1.29, 1.82) is 0 Å². The van der Waals surface area contributed by atoms with Gasteiger partial charge in [-0.25, -0.2) is 0 Å². The lowest BCUT2D eigenvalue weighted by Crippen LogP contribution is -2.04. The maximum Gasteiger partial charge on any atom is 0.0438 e. The lowest BCUT2D eigenvalue weighted by atomic mass is 9.94. The van der Waals surface area contributed by atoms with E-state index < -0.39 is 0 Å². The van der Waals surface area contributed by atoms with E-state index in [0.29, 0.717) is 4.83 Å². The van der Waals surface area contributed by atoms with Crippen molar-refractivity contribution in [2.75, 3.05) is 0 Å². The molecular weight excluding hydrogens is 292 g/mol. The molecule has 2 aliphatic carbocycles. The van der Waals surface area contributed by atoms with E-state index >= 15 is 0 Å². The molecule has 2 fully saturated rings. The lowest BCUT2D eigenvalue weighted by Gasteiger charge is -2.18. The fourth-order valence-electron chi connectivity index (χ4n) is 3.47. The Morgan fingerprint density at radius 2 is 1.88 bits per heavy atom. The summed E-state index contributed by atoms with van der Waals surface area (Å²) in [5.74, 6) is 3.02. The fourth-order valence-corrected chi connectivity index (χ4v) is 5.45. The first-order valence-corrected chi connectivity index (χ1v) is 8.22. The first-order chi connectivity index (χ1) is 8.33. The van der Waals surface area contributed by atoms with Gasteiger partial charge >= 0.3 is 0 Å². The van der Waals surface area contributed by atoms with Crippen molar-refractivity contribution in [3.8, 4) is 0 Å². The molecule has 0 radical (unpaired) electrons. The van der Waals surface area contributed by atoms with Crippen molar-refractivity contribution in [1.82, 2.24) is 0 Å². The lowest BCUT2D eigenvalue weighted by molar-refractivity contribution is 0.483. The van der Waals surface area contributed by atoms with Crippen LogP contribution in [0.5, 0.6) is 0 Å². The van der Waals surface area contributed by atoms with Gasteiger partial charge in [0.2, 0.25) is 0 Å². The first kappa shape index (κ1) is 10.6. The van der Waals surface area contributed by atoms with Crippen molar-refractivity contribution in [3.63, 3.8) is 0 Å². The van der Waals surface area contributed by atoms with Gasteiger partial charge in [-0.05, 0) is 59.4 Å². The largest absolute Gasteiger partial charge is 0.143 e. The molecule has 0 nitrogen and oxygen atoms in total. The van der Waals surface area contributed by atoms with Crippen molar-refractivity contribution in [2.45, 2.75) is 24.1 Å². The van der Waals surface area contributed by atoms with Gasteiger partial charge in [0.1, 0.15) is 0 Å². The van der Waals surface area contributed by atoms with Crippen LogP contribution in [0.3, 0.4) is 0 Å². The summed E-state index contributed by atoms with van der Waals surface area (Å²) in [4.78, 5) is 0.575. The number of hydrogen-bond acceptors (Lipinski definition) is 1. The molecule has 1 heterocycles. The number of halogens is 1. The molecule has 3 unspecified atom stereocenters. The molecule has 4 rings (SSSR count). The first-order valence-electron chi connectivity index (χ1n) is 6.43. The molecule has 88 valence electrons. The molecule has 0 saturated heterocycles. The predicted molar refractivity (Wildman–Crippen MR) is 77.8 cm³/mol. The van der Waals surface area contributed by atoms with Gasteiger partial charge in [0.15, 0.2) is 0 Å². The van der Waals surface area contributed by atoms with E-state index in [1.54, 1.807) is 0 Å². The highest BCUT2D eigenvalue weighted by Gasteiger charge is 2.47. The average Bonchev–Trinajstić information content (AvgIpc) is 2.80. The summed E-state index contributed by atoms with van der Waals surface area (Å²) in [5, 5.41) is 3.81. The van der Waals surface area contributed by atoms with E-state index in [2.05, 4.69) is 45.6 Å². The number of hydrogen-bond donors (Lipinski definition) is 0. The summed E-state index contributed by atoms with van der Waals surface area (Å²) in [6.07, 6.45) is 4.41. The fraction of sp³-hybridized carbons (Fsp3) is 0.467. The molecule has 2 aliphatic rings. The molecule has 0 spiro atoms. The number of benzene rings is 1. The minimum Gasteiger partial charge on any atom is -0.143 e. The monoisotopic (exact) mass is 306 g/mol. The Balaban J connectivity index is 1.68. The van der Waals surface area contributed by atoms with Gasteiger partial charge in [-0.3, -0.25) is 0 Å². The van der Waals surface area contributed by atoms with Gasteiger partial charge in [-0.15, -0.1) is 11.3 Å². The van der Waals surface area contributed by atoms with Crippen LogP contribution < -0.4 is 0 Å². The number of thiophene rings is 1. The third kappa shape index (κ3) is 1.68. The summed E-state index contributed by atoms with van der Waals surface area (Å²) in [6.45, 7) is 0. The molecule has 0 N–H and O–H groups in total. The zero-order valence-corrected chi connectivity index (χ0v) is 12.0. The van der Waals surface area contributed by atoms with E-state index in [9.17, 15) is 0 Å². The van der Waals surface area contributed by atoms with E-state index in [0.717, 1.165) is 17.8 Å². The van der Waals surface area contributed by atoms with E-state index in [-0.39, 0.29) is 0 Å². The molecule has 1 aromatic heterocycles. The van der Waals surface area contributed by atoms with E-state index in [1.165, 1.54) is 34.9 Å². The highest BCUT2D eigenvalue weighted by atomic mass is 79.9. The zero-order chi connectivity index (χ0) is 11.4. The van der Waals surface area contributed by atoms with Crippen LogP contribution in [0.15, 0.2) is 29.6 Å². The topological polar surface area (TPSA) is 0 Å². The summed E-state index contributed by atoms with van der Waals surface area (Å²) >= 11 is 5.85. The number of fused-ring (bicyclic) bond motifs is 2. The van der Waals surface area contributed by atoms with Gasteiger partial charge in [0.25, 0.3) is 0 Å². The highest BCUT2D eigenvalue weighted by Crippen LogP contribution is 2.59. The number of alkyl halides is 1. The maximum absolute atomic E-state index is 3.97. The molecule has 1 aromatic carbocycles. The second-order valence-corrected chi connectivity index (χ2v) is 7.47. The Labute approximate surface area is 114 Å². The third-order valence-electron chi connectivity index (χ3n) is 4.50. The smallest absolute Gasteiger partial charge is 0.0438 e. The Morgan fingerprint density at radius 1 is 1.12 bits per heavy atom. The Kier molecular flexibility index (Phi) is 2.38. The van der Waals surface area contributed by atoms with Crippen LogP contribution >= 0.6 is 27.3 Å². The van der Waals surface area contributed by atoms with Crippen LogP contribution in [-0.2, 0) is 0 Å². The van der Waals surface area contributed by atoms with Gasteiger partial charge in [-0.2, -0.15) is 0 Å². The highest BCUT2D eigenvalue weighted by molar-refractivity contribution is 9.09. The summed E-state index contributed by atoms with van der Waals surface area (Å²) in [7, 11) is 0. The molecule has 0 aliphatic heterocycles. The normalized spacial score (nSPS) is 32.6. The second kappa shape index (κ2) is 3.83. The Morgan fingerprint density at radius 3 is 2.71 bits per heavy atom. The quantitative estimate of drug-likeness (QED) is 0.653. The maximum atomic E-state index is 3.97. The van der Waals surface area contributed by atoms with Crippen molar-refractivity contribution >= 4 is 37.4 Å². The Bertz CT molecular complexity index is 549. The Hall–Kier alpha value is -0.340. The van der Waals surface area contributed by atoms with Crippen LogP contribution in [0.2, 0.25) is 0 Å². The molecule has 2 saturated carbocycles. The molecule has 2 aromatic rings. The molecule has 0 amide bonds. The zero-order valence-electron chi connectivity index (χ0n) is 9.60. The molecule has 17 heavy (non-hydrogen) atoms. The summed E-state index contributed by atoms with van der Waals surface area (Å²) in [6, 6.07) is 8.79. The van der Waals surface area contributed by atoms with Crippen LogP contribution in [0.4, 0.5) is 0 Å². The van der Waals surface area contributed by atoms with Gasteiger partial charge in [-0.1, -0.05) is 34.1 Å². The SMILES string of the molecule is BrC(c1csc2ccccc12)C1CC2CC2C1. The van der Waals surface area contributed by atoms with Crippen LogP contribution in [0.25, 0.3) is 10.1 Å². The average molecular weight is 307 g/mol. The van der Waals surface area contributed by atoms with Crippen molar-refractivity contribution in [3.05, 3.63) is 35.2 Å². The van der Waals surface area contributed by atoms with Crippen LogP contribution in [0.1, 0.15) is 29.7 Å². The summed E-state index contributed by atoms with van der Waals surface area (Å²) in [5.41, 5.74) is 1.52. The van der Waals surface area contributed by atoms with Crippen LogP contribution in [0, 0.1) is 17.8 Å². The minimum absolute atomic E-state index is 0.575. The molecule has 2 heteroatoms. The van der Waals surface area contributed by atoms with Crippen molar-refractivity contribution in [2.24, 2.45) is 17.8 Å². The standard InChI is InChI=1S/C15H15BrS/c16-15(11-6-9-5-10(9)7-11)13-8-17-14-4-2-1-3-12(13)14/h1-4,8-11,15H,5-7H2. The van der Waals surface area contributed by atoms with Crippen LogP contribution in [-0.4, -0.2) is 0 Å². The molecular formula is C15H15BrS. The van der Waals surface area contributed by atoms with E-state index in [4.69, 9.17) is 0 Å². The third-order valence-corrected chi connectivity index (χ3v) is 6.72. The minimum atomic E-state index is 0.575.